The molecule has 0 radical (unpaired) electrons. The molecule has 4 heteroatoms. The second-order valence-corrected chi connectivity index (χ2v) is 24.2. The van der Waals surface area contributed by atoms with E-state index >= 15 is 0 Å². The van der Waals surface area contributed by atoms with Gasteiger partial charge >= 0.3 is 0 Å². The van der Waals surface area contributed by atoms with Crippen molar-refractivity contribution in [2.45, 2.75) is 26.2 Å². The van der Waals surface area contributed by atoms with Gasteiger partial charge in [-0.15, -0.1) is 0 Å². The summed E-state index contributed by atoms with van der Waals surface area (Å²) < 4.78 is 0. The van der Waals surface area contributed by atoms with Crippen LogP contribution in [0.25, 0.3) is 99.1 Å². The van der Waals surface area contributed by atoms with E-state index < -0.39 is 0 Å². The van der Waals surface area contributed by atoms with E-state index in [0.29, 0.717) is 5.02 Å². The Kier molecular flexibility index (Phi) is 11.6. The molecule has 2 nitrogen and oxygen atoms in total. The van der Waals surface area contributed by atoms with Gasteiger partial charge in [-0.05, 0) is 141 Å². The van der Waals surface area contributed by atoms with Gasteiger partial charge in [-0.2, -0.15) is 0 Å². The maximum Gasteiger partial charge on any atom is 0.252 e. The van der Waals surface area contributed by atoms with Crippen LogP contribution in [-0.4, -0.2) is 6.71 Å². The van der Waals surface area contributed by atoms with Crippen LogP contribution in [0, 0.1) is 0 Å². The Bertz CT molecular complexity index is 4680. The van der Waals surface area contributed by atoms with E-state index in [9.17, 15) is 0 Å². The van der Waals surface area contributed by atoms with Crippen molar-refractivity contribution in [2.24, 2.45) is 0 Å². The third-order valence-electron chi connectivity index (χ3n) is 17.7. The number of rotatable bonds is 8. The van der Waals surface area contributed by atoms with Crippen molar-refractivity contribution in [1.82, 2.24) is 0 Å². The van der Waals surface area contributed by atoms with Gasteiger partial charge in [0.05, 0.1) is 11.4 Å². The highest BCUT2D eigenvalue weighted by Crippen LogP contribution is 2.54. The van der Waals surface area contributed by atoms with Crippen molar-refractivity contribution >= 4 is 101 Å². The lowest BCUT2D eigenvalue weighted by Crippen LogP contribution is -2.61. The molecule has 14 aromatic carbocycles. The molecule has 0 saturated heterocycles. The van der Waals surface area contributed by atoms with E-state index in [0.717, 1.165) is 89.8 Å². The van der Waals surface area contributed by atoms with Crippen molar-refractivity contribution in [3.63, 3.8) is 0 Å². The maximum atomic E-state index is 7.82. The number of halogens is 1. The Morgan fingerprint density at radius 2 is 0.643 bits per heavy atom. The lowest BCUT2D eigenvalue weighted by Gasteiger charge is -2.46. The average Bonchev–Trinajstić information content (AvgIpc) is 0.771. The fraction of sp³-hybridized carbons (Fsp3) is 0.0500. The molecule has 84 heavy (non-hydrogen) atoms. The zero-order valence-corrected chi connectivity index (χ0v) is 47.7. The van der Waals surface area contributed by atoms with Crippen LogP contribution in [0.15, 0.2) is 285 Å². The van der Waals surface area contributed by atoms with E-state index in [1.165, 1.54) is 65.4 Å². The lowest BCUT2D eigenvalue weighted by molar-refractivity contribution is 0.591. The summed E-state index contributed by atoms with van der Waals surface area (Å²) in [7, 11) is 0. The molecule has 0 unspecified atom stereocenters. The van der Waals surface area contributed by atoms with E-state index in [1.54, 1.807) is 0 Å². The largest absolute Gasteiger partial charge is 0.310 e. The van der Waals surface area contributed by atoms with Crippen LogP contribution in [0.1, 0.15) is 26.3 Å². The number of hydrogen-bond acceptors (Lipinski definition) is 2. The van der Waals surface area contributed by atoms with Crippen LogP contribution in [0.3, 0.4) is 0 Å². The van der Waals surface area contributed by atoms with Gasteiger partial charge in [0.15, 0.2) is 0 Å². The zero-order chi connectivity index (χ0) is 56.2. The Balaban J connectivity index is 1.02. The summed E-state index contributed by atoms with van der Waals surface area (Å²) >= 11 is 7.82. The highest BCUT2D eigenvalue weighted by molar-refractivity contribution is 7.00. The average molecular weight is 1090 g/mol. The first kappa shape index (κ1) is 49.9. The van der Waals surface area contributed by atoms with Gasteiger partial charge < -0.3 is 9.80 Å². The van der Waals surface area contributed by atoms with Gasteiger partial charge in [0.25, 0.3) is 6.71 Å². The fourth-order valence-corrected chi connectivity index (χ4v) is 14.1. The fourth-order valence-electron chi connectivity index (χ4n) is 13.9. The van der Waals surface area contributed by atoms with Gasteiger partial charge in [-0.1, -0.05) is 281 Å². The summed E-state index contributed by atoms with van der Waals surface area (Å²) in [5.74, 6) is 0. The Hall–Kier alpha value is -9.93. The molecule has 2 aliphatic heterocycles. The third kappa shape index (κ3) is 8.10. The molecule has 14 aromatic rings. The van der Waals surface area contributed by atoms with E-state index in [2.05, 4.69) is 316 Å². The molecule has 0 fully saturated rings. The van der Waals surface area contributed by atoms with Crippen molar-refractivity contribution in [1.29, 1.82) is 0 Å². The van der Waals surface area contributed by atoms with Crippen LogP contribution in [0.5, 0.6) is 0 Å². The first-order chi connectivity index (χ1) is 41.2. The minimum atomic E-state index is -0.219. The van der Waals surface area contributed by atoms with Crippen LogP contribution in [0.4, 0.5) is 34.1 Å². The molecule has 396 valence electrons. The van der Waals surface area contributed by atoms with Crippen molar-refractivity contribution in [3.8, 4) is 66.8 Å². The molecule has 2 aliphatic rings. The van der Waals surface area contributed by atoms with Crippen LogP contribution < -0.4 is 26.2 Å². The molecular weight excluding hydrogens is 1040 g/mol. The molecular formula is C80H56BClN2. The smallest absolute Gasteiger partial charge is 0.252 e. The van der Waals surface area contributed by atoms with Gasteiger partial charge in [0.1, 0.15) is 0 Å². The Morgan fingerprint density at radius 3 is 1.01 bits per heavy atom. The van der Waals surface area contributed by atoms with Crippen LogP contribution in [0.2, 0.25) is 5.02 Å². The molecule has 0 bridgehead atoms. The van der Waals surface area contributed by atoms with Gasteiger partial charge in [0.2, 0.25) is 0 Å². The number of nitrogens with zero attached hydrogens (tertiary/aromatic N) is 2. The summed E-state index contributed by atoms with van der Waals surface area (Å²) in [6.07, 6.45) is 0. The molecule has 16 rings (SSSR count). The number of para-hydroxylation sites is 2. The summed E-state index contributed by atoms with van der Waals surface area (Å²) in [4.78, 5) is 5.11. The van der Waals surface area contributed by atoms with Gasteiger partial charge in [-0.3, -0.25) is 0 Å². The maximum absolute atomic E-state index is 7.82. The molecule has 0 spiro atoms. The summed E-state index contributed by atoms with van der Waals surface area (Å²) in [6, 6.07) is 106. The zero-order valence-electron chi connectivity index (χ0n) is 47.0. The number of benzene rings is 14. The second-order valence-electron chi connectivity index (χ2n) is 23.7. The topological polar surface area (TPSA) is 6.48 Å². The Labute approximate surface area is 496 Å². The molecule has 0 aliphatic carbocycles. The standard InChI is InChI=1S/C80H56BClN2/c1-80(2,3)63-45-60-37-35-58-43-62(44-59-36-38-61(46-63)76(60)75(58)59)57-40-42-72-70(48-57)81-69-47-56(51-21-9-4-10-22-51)39-41-71(69)83(78-65(52-23-11-5-12-24-52)31-19-32-66(78)53-25-13-6-14-26-53)73-49-64(82)50-74(77(73)81)84(72)79-67(54-27-15-7-16-28-54)33-20-34-68(79)55-29-17-8-18-30-55/h4-50H,1-3H3. The molecule has 2 heterocycles. The third-order valence-corrected chi connectivity index (χ3v) is 17.9. The van der Waals surface area contributed by atoms with Crippen molar-refractivity contribution < 1.29 is 0 Å². The predicted molar refractivity (Wildman–Crippen MR) is 360 cm³/mol. The predicted octanol–water partition coefficient (Wildman–Crippen LogP) is 20.6. The SMILES string of the molecule is CC(C)(C)c1cc2ccc3cc(-c4ccc5c(c4)B4c6cc(-c7ccccc7)ccc6N(c6c(-c7ccccc7)cccc6-c6ccccc6)c6cc(Cl)cc(c64)N5c4c(-c5ccccc5)cccc4-c4ccccc4)cc4ccc(c1)c2c34. The molecule has 0 N–H and O–H groups in total. The first-order valence-corrected chi connectivity index (χ1v) is 29.6. The number of anilines is 6. The highest BCUT2D eigenvalue weighted by atomic mass is 35.5. The van der Waals surface area contributed by atoms with Gasteiger partial charge in [-0.25, -0.2) is 0 Å². The number of hydrogen-bond donors (Lipinski definition) is 0. The second kappa shape index (κ2) is 19.6. The van der Waals surface area contributed by atoms with E-state index in [-0.39, 0.29) is 12.1 Å². The van der Waals surface area contributed by atoms with Crippen molar-refractivity contribution in [3.05, 3.63) is 296 Å². The Morgan fingerprint density at radius 1 is 0.298 bits per heavy atom. The molecule has 0 atom stereocenters. The summed E-state index contributed by atoms with van der Waals surface area (Å²) in [5.41, 5.74) is 25.2. The lowest BCUT2D eigenvalue weighted by atomic mass is 9.33. The summed E-state index contributed by atoms with van der Waals surface area (Å²) in [5, 5.41) is 8.38. The number of fused-ring (bicyclic) bond motifs is 4. The highest BCUT2D eigenvalue weighted by Gasteiger charge is 2.45. The summed E-state index contributed by atoms with van der Waals surface area (Å²) in [6.45, 7) is 6.70. The van der Waals surface area contributed by atoms with Crippen molar-refractivity contribution in [2.75, 3.05) is 9.80 Å². The normalized spacial score (nSPS) is 12.7. The first-order valence-electron chi connectivity index (χ1n) is 29.2. The minimum absolute atomic E-state index is 0.0396. The molecule has 0 amide bonds. The van der Waals surface area contributed by atoms with Crippen LogP contribution >= 0.6 is 11.6 Å². The van der Waals surface area contributed by atoms with E-state index in [1.807, 2.05) is 0 Å². The van der Waals surface area contributed by atoms with Crippen LogP contribution in [-0.2, 0) is 5.41 Å². The quantitative estimate of drug-likeness (QED) is 0.111. The minimum Gasteiger partial charge on any atom is -0.310 e. The molecule has 0 aromatic heterocycles. The molecule has 0 saturated carbocycles. The van der Waals surface area contributed by atoms with Gasteiger partial charge in [0, 0.05) is 50.0 Å². The monoisotopic (exact) mass is 1090 g/mol. The van der Waals surface area contributed by atoms with E-state index in [4.69, 9.17) is 11.6 Å².